The van der Waals surface area contributed by atoms with Crippen molar-refractivity contribution in [2.24, 2.45) is 0 Å². The normalized spacial score (nSPS) is 17.2. The average Bonchev–Trinajstić information content (AvgIpc) is 3.34. The van der Waals surface area contributed by atoms with Crippen LogP contribution in [0, 0.1) is 0 Å². The van der Waals surface area contributed by atoms with E-state index in [0.29, 0.717) is 5.82 Å². The molecule has 1 atom stereocenters. The molecule has 1 aliphatic rings. The van der Waals surface area contributed by atoms with Gasteiger partial charge in [0.15, 0.2) is 11.5 Å². The van der Waals surface area contributed by atoms with Crippen LogP contribution in [-0.2, 0) is 0 Å². The highest BCUT2D eigenvalue weighted by molar-refractivity contribution is 5.77. The minimum absolute atomic E-state index is 0.231. The summed E-state index contributed by atoms with van der Waals surface area (Å²) in [6.07, 6.45) is 10.6. The first-order valence-electron chi connectivity index (χ1n) is 9.14. The molecule has 0 aliphatic carbocycles. The van der Waals surface area contributed by atoms with Gasteiger partial charge in [0, 0.05) is 30.7 Å². The zero-order chi connectivity index (χ0) is 18.6. The molecule has 2 N–H and O–H groups in total. The zero-order valence-electron chi connectivity index (χ0n) is 15.4. The van der Waals surface area contributed by atoms with E-state index < -0.39 is 0 Å². The smallest absolute Gasteiger partial charge is 0.180 e. The van der Waals surface area contributed by atoms with Crippen LogP contribution in [0.4, 0.5) is 11.5 Å². The maximum absolute atomic E-state index is 6.04. The molecule has 0 radical (unpaired) electrons. The number of imidazole rings is 1. The van der Waals surface area contributed by atoms with Crippen LogP contribution in [-0.4, -0.2) is 33.6 Å². The number of allylic oxidation sites excluding steroid dienone is 3. The molecule has 1 saturated heterocycles. The fourth-order valence-corrected chi connectivity index (χ4v) is 3.30. The van der Waals surface area contributed by atoms with Gasteiger partial charge in [-0.3, -0.25) is 4.40 Å². The summed E-state index contributed by atoms with van der Waals surface area (Å²) in [5.41, 5.74) is 3.69. The molecule has 2 aromatic heterocycles. The van der Waals surface area contributed by atoms with Crippen LogP contribution in [0.5, 0.6) is 5.75 Å². The van der Waals surface area contributed by atoms with Gasteiger partial charge in [0.25, 0.3) is 0 Å². The van der Waals surface area contributed by atoms with Crippen molar-refractivity contribution in [3.05, 3.63) is 67.3 Å². The minimum atomic E-state index is 0.231. The summed E-state index contributed by atoms with van der Waals surface area (Å²) >= 11 is 0. The minimum Gasteiger partial charge on any atom is -0.489 e. The summed E-state index contributed by atoms with van der Waals surface area (Å²) in [5.74, 6) is 1.55. The number of rotatable bonds is 6. The molecule has 0 bridgehead atoms. The third kappa shape index (κ3) is 3.57. The molecular weight excluding hydrogens is 338 g/mol. The van der Waals surface area contributed by atoms with E-state index in [2.05, 4.69) is 27.2 Å². The highest BCUT2D eigenvalue weighted by Gasteiger charge is 2.16. The lowest BCUT2D eigenvalue weighted by atomic mass is 10.2. The van der Waals surface area contributed by atoms with Crippen LogP contribution in [0.15, 0.2) is 61.6 Å². The van der Waals surface area contributed by atoms with Crippen molar-refractivity contribution in [3.8, 4) is 5.75 Å². The highest BCUT2D eigenvalue weighted by atomic mass is 16.5. The van der Waals surface area contributed by atoms with Gasteiger partial charge in [-0.15, -0.1) is 0 Å². The molecule has 1 aromatic carbocycles. The van der Waals surface area contributed by atoms with Crippen LogP contribution < -0.4 is 15.4 Å². The van der Waals surface area contributed by atoms with Crippen LogP contribution in [0.25, 0.3) is 11.2 Å². The number of ether oxygens (including phenoxy) is 1. The van der Waals surface area contributed by atoms with E-state index in [9.17, 15) is 0 Å². The lowest BCUT2D eigenvalue weighted by Gasteiger charge is -2.14. The van der Waals surface area contributed by atoms with E-state index in [0.717, 1.165) is 47.9 Å². The Kier molecular flexibility index (Phi) is 4.89. The molecular formula is C21H23N5O. The number of aromatic nitrogens is 3. The first-order valence-corrected chi connectivity index (χ1v) is 9.14. The Labute approximate surface area is 158 Å². The molecule has 1 fully saturated rings. The second-order valence-electron chi connectivity index (χ2n) is 6.45. The topological polar surface area (TPSA) is 63.5 Å². The van der Waals surface area contributed by atoms with E-state index in [1.54, 1.807) is 6.20 Å². The number of benzene rings is 1. The molecule has 4 rings (SSSR count). The third-order valence-electron chi connectivity index (χ3n) is 4.67. The number of hydrogen-bond acceptors (Lipinski definition) is 5. The van der Waals surface area contributed by atoms with E-state index in [4.69, 9.17) is 4.74 Å². The monoisotopic (exact) mass is 361 g/mol. The molecule has 27 heavy (non-hydrogen) atoms. The zero-order valence-corrected chi connectivity index (χ0v) is 15.4. The van der Waals surface area contributed by atoms with Crippen molar-refractivity contribution < 1.29 is 4.74 Å². The first-order chi connectivity index (χ1) is 13.3. The first kappa shape index (κ1) is 17.3. The molecule has 138 valence electrons. The van der Waals surface area contributed by atoms with Gasteiger partial charge < -0.3 is 15.4 Å². The van der Waals surface area contributed by atoms with E-state index >= 15 is 0 Å². The van der Waals surface area contributed by atoms with Crippen molar-refractivity contribution in [3.63, 3.8) is 0 Å². The summed E-state index contributed by atoms with van der Waals surface area (Å²) in [4.78, 5) is 9.02. The molecule has 0 amide bonds. The van der Waals surface area contributed by atoms with Crippen molar-refractivity contribution in [1.29, 1.82) is 0 Å². The average molecular weight is 361 g/mol. The fourth-order valence-electron chi connectivity index (χ4n) is 3.30. The van der Waals surface area contributed by atoms with Crippen LogP contribution in [0.1, 0.15) is 19.0 Å². The van der Waals surface area contributed by atoms with E-state index in [1.807, 2.05) is 60.1 Å². The van der Waals surface area contributed by atoms with Crippen LogP contribution in [0.3, 0.4) is 0 Å². The molecule has 3 heterocycles. The summed E-state index contributed by atoms with van der Waals surface area (Å²) in [6, 6.07) is 7.95. The van der Waals surface area contributed by atoms with Gasteiger partial charge in [0.05, 0.1) is 11.9 Å². The molecule has 0 spiro atoms. The number of nitrogens with one attached hydrogen (secondary N) is 2. The van der Waals surface area contributed by atoms with Gasteiger partial charge in [-0.25, -0.2) is 9.97 Å². The highest BCUT2D eigenvalue weighted by Crippen LogP contribution is 2.26. The summed E-state index contributed by atoms with van der Waals surface area (Å²) < 4.78 is 8.05. The van der Waals surface area contributed by atoms with Gasteiger partial charge in [-0.1, -0.05) is 24.8 Å². The Morgan fingerprint density at radius 2 is 2.33 bits per heavy atom. The van der Waals surface area contributed by atoms with Crippen molar-refractivity contribution in [2.45, 2.75) is 19.4 Å². The number of nitrogens with zero attached hydrogens (tertiary/aromatic N) is 3. The lowest BCUT2D eigenvalue weighted by Crippen LogP contribution is -2.19. The van der Waals surface area contributed by atoms with Crippen molar-refractivity contribution >= 4 is 22.7 Å². The largest absolute Gasteiger partial charge is 0.489 e. The Morgan fingerprint density at radius 3 is 3.11 bits per heavy atom. The Balaban J connectivity index is 1.61. The standard InChI is InChI=1S/C21H23N5O/c1-3-15(4-2)19-14-24-21-20(23-10-11-26(19)21)25-16-6-5-7-17(12-16)27-18-8-9-22-13-18/h3-7,10-12,14,18,22H,1,8-9,13H2,2H3,(H,23,25)/b15-4+. The quantitative estimate of drug-likeness (QED) is 0.654. The van der Waals surface area contributed by atoms with Gasteiger partial charge in [-0.05, 0) is 37.6 Å². The molecule has 6 nitrogen and oxygen atoms in total. The van der Waals surface area contributed by atoms with Crippen LogP contribution >= 0.6 is 0 Å². The van der Waals surface area contributed by atoms with E-state index in [-0.39, 0.29) is 6.10 Å². The predicted molar refractivity (Wildman–Crippen MR) is 108 cm³/mol. The Bertz CT molecular complexity index is 985. The van der Waals surface area contributed by atoms with Crippen molar-refractivity contribution in [1.82, 2.24) is 19.7 Å². The number of fused-ring (bicyclic) bond motifs is 1. The van der Waals surface area contributed by atoms with Gasteiger partial charge in [0.1, 0.15) is 11.9 Å². The fraction of sp³-hybridized carbons (Fsp3) is 0.238. The molecule has 1 aliphatic heterocycles. The second-order valence-corrected chi connectivity index (χ2v) is 6.45. The molecule has 6 heteroatoms. The SMILES string of the molecule is C=C/C(=C\C)c1cnc2c(Nc3cccc(OC4CCNC4)c3)nccn12. The summed E-state index contributed by atoms with van der Waals surface area (Å²) in [6.45, 7) is 7.77. The predicted octanol–water partition coefficient (Wildman–Crippen LogP) is 3.80. The van der Waals surface area contributed by atoms with Crippen molar-refractivity contribution in [2.75, 3.05) is 18.4 Å². The molecule has 0 saturated carbocycles. The van der Waals surface area contributed by atoms with Gasteiger partial charge in [-0.2, -0.15) is 0 Å². The second kappa shape index (κ2) is 7.63. The van der Waals surface area contributed by atoms with Gasteiger partial charge >= 0.3 is 0 Å². The third-order valence-corrected chi connectivity index (χ3v) is 4.67. The summed E-state index contributed by atoms with van der Waals surface area (Å²) in [7, 11) is 0. The number of anilines is 2. The molecule has 1 unspecified atom stereocenters. The van der Waals surface area contributed by atoms with Gasteiger partial charge in [0.2, 0.25) is 0 Å². The van der Waals surface area contributed by atoms with E-state index in [1.165, 1.54) is 0 Å². The lowest BCUT2D eigenvalue weighted by molar-refractivity contribution is 0.223. The maximum Gasteiger partial charge on any atom is 0.180 e. The summed E-state index contributed by atoms with van der Waals surface area (Å²) in [5, 5.41) is 6.68. The number of hydrogen-bond donors (Lipinski definition) is 2. The maximum atomic E-state index is 6.04. The Hall–Kier alpha value is -3.12. The molecule has 3 aromatic rings. The Morgan fingerprint density at radius 1 is 1.41 bits per heavy atom. The van der Waals surface area contributed by atoms with Crippen LogP contribution in [0.2, 0.25) is 0 Å².